The second-order valence-electron chi connectivity index (χ2n) is 8.61. The molecule has 0 bridgehead atoms. The zero-order chi connectivity index (χ0) is 25.3. The maximum absolute atomic E-state index is 13.8. The monoisotopic (exact) mass is 485 g/mol. The number of fused-ring (bicyclic) bond motifs is 1. The van der Waals surface area contributed by atoms with Gasteiger partial charge in [-0.05, 0) is 51.9 Å². The quantitative estimate of drug-likeness (QED) is 0.238. The SMILES string of the molecule is NC(c1cc[n+]([O-])cc1)c1cccc(-c2c(Cc3ccccc3)cnc3c(C(F)(F)F)cccc23)c1. The van der Waals surface area contributed by atoms with E-state index in [2.05, 4.69) is 4.98 Å². The predicted molar refractivity (Wildman–Crippen MR) is 133 cm³/mol. The van der Waals surface area contributed by atoms with E-state index >= 15 is 0 Å². The van der Waals surface area contributed by atoms with E-state index in [1.807, 2.05) is 54.6 Å². The summed E-state index contributed by atoms with van der Waals surface area (Å²) in [6, 6.07) is 24.2. The van der Waals surface area contributed by atoms with E-state index in [0.717, 1.165) is 33.9 Å². The molecule has 0 radical (unpaired) electrons. The zero-order valence-corrected chi connectivity index (χ0v) is 19.1. The van der Waals surface area contributed by atoms with Crippen molar-refractivity contribution in [3.05, 3.63) is 137 Å². The van der Waals surface area contributed by atoms with E-state index in [4.69, 9.17) is 5.73 Å². The van der Waals surface area contributed by atoms with Gasteiger partial charge < -0.3 is 10.9 Å². The highest BCUT2D eigenvalue weighted by atomic mass is 19.4. The van der Waals surface area contributed by atoms with E-state index in [1.165, 1.54) is 24.7 Å². The second kappa shape index (κ2) is 9.43. The van der Waals surface area contributed by atoms with Gasteiger partial charge in [0, 0.05) is 23.7 Å². The molecule has 0 saturated carbocycles. The van der Waals surface area contributed by atoms with E-state index in [9.17, 15) is 18.4 Å². The third kappa shape index (κ3) is 4.65. The van der Waals surface area contributed by atoms with Gasteiger partial charge in [0.15, 0.2) is 12.4 Å². The predicted octanol–water partition coefficient (Wildman–Crippen LogP) is 6.19. The van der Waals surface area contributed by atoms with Crippen molar-refractivity contribution >= 4 is 10.9 Å². The van der Waals surface area contributed by atoms with Crippen LogP contribution in [0, 0.1) is 5.21 Å². The Morgan fingerprint density at radius 2 is 1.58 bits per heavy atom. The van der Waals surface area contributed by atoms with Crippen LogP contribution in [0.4, 0.5) is 13.2 Å². The summed E-state index contributed by atoms with van der Waals surface area (Å²) in [6.07, 6.45) is 0.281. The first-order chi connectivity index (χ1) is 17.3. The second-order valence-corrected chi connectivity index (χ2v) is 8.61. The number of halogens is 3. The van der Waals surface area contributed by atoms with Crippen LogP contribution >= 0.6 is 0 Å². The van der Waals surface area contributed by atoms with Crippen molar-refractivity contribution in [1.29, 1.82) is 0 Å². The Balaban J connectivity index is 1.69. The van der Waals surface area contributed by atoms with Crippen LogP contribution in [0.15, 0.2) is 104 Å². The lowest BCUT2D eigenvalue weighted by molar-refractivity contribution is -0.605. The van der Waals surface area contributed by atoms with Crippen LogP contribution < -0.4 is 10.5 Å². The van der Waals surface area contributed by atoms with Gasteiger partial charge >= 0.3 is 6.18 Å². The van der Waals surface area contributed by atoms with Crippen LogP contribution in [0.5, 0.6) is 0 Å². The van der Waals surface area contributed by atoms with Crippen LogP contribution in [-0.4, -0.2) is 4.98 Å². The molecule has 4 nitrogen and oxygen atoms in total. The standard InChI is InChI=1S/C29H22F3N3O/c30-29(31,32)25-11-5-10-24-26(23(18-34-28(24)25)16-19-6-2-1-3-7-19)21-8-4-9-22(17-21)27(33)20-12-14-35(36)15-13-20/h1-15,17-18,27H,16,33H2. The molecule has 0 spiro atoms. The molecule has 0 saturated heterocycles. The Hall–Kier alpha value is -4.23. The Morgan fingerprint density at radius 1 is 0.861 bits per heavy atom. The Bertz CT molecular complexity index is 1520. The number of rotatable bonds is 5. The molecule has 5 rings (SSSR count). The third-order valence-electron chi connectivity index (χ3n) is 6.24. The molecule has 2 heterocycles. The number of para-hydroxylation sites is 1. The number of hydrogen-bond donors (Lipinski definition) is 1. The molecule has 180 valence electrons. The summed E-state index contributed by atoms with van der Waals surface area (Å²) in [5.41, 5.74) is 10.4. The molecule has 2 N–H and O–H groups in total. The molecule has 1 atom stereocenters. The maximum atomic E-state index is 13.8. The number of alkyl halides is 3. The summed E-state index contributed by atoms with van der Waals surface area (Å²) in [6.45, 7) is 0. The lowest BCUT2D eigenvalue weighted by Crippen LogP contribution is -2.25. The lowest BCUT2D eigenvalue weighted by atomic mass is 9.89. The Kier molecular flexibility index (Phi) is 6.16. The van der Waals surface area contributed by atoms with Crippen LogP contribution in [0.2, 0.25) is 0 Å². The molecular formula is C29H22F3N3O. The molecule has 3 aromatic carbocycles. The summed E-state index contributed by atoms with van der Waals surface area (Å²) in [5.74, 6) is 0. The molecule has 0 aliphatic rings. The molecule has 2 aromatic heterocycles. The van der Waals surface area contributed by atoms with Gasteiger partial charge in [0.05, 0.1) is 17.1 Å². The van der Waals surface area contributed by atoms with Gasteiger partial charge in [-0.25, -0.2) is 0 Å². The molecule has 7 heteroatoms. The molecule has 36 heavy (non-hydrogen) atoms. The van der Waals surface area contributed by atoms with Gasteiger partial charge in [-0.3, -0.25) is 4.98 Å². The average molecular weight is 486 g/mol. The first-order valence-corrected chi connectivity index (χ1v) is 11.4. The van der Waals surface area contributed by atoms with Gasteiger partial charge in [0.2, 0.25) is 0 Å². The van der Waals surface area contributed by atoms with Crippen molar-refractivity contribution < 1.29 is 17.9 Å². The zero-order valence-electron chi connectivity index (χ0n) is 19.1. The van der Waals surface area contributed by atoms with Crippen molar-refractivity contribution in [2.45, 2.75) is 18.6 Å². The smallest absolute Gasteiger partial charge is 0.418 e. The Morgan fingerprint density at radius 3 is 2.31 bits per heavy atom. The van der Waals surface area contributed by atoms with Crippen molar-refractivity contribution in [3.63, 3.8) is 0 Å². The normalized spacial score (nSPS) is 12.6. The summed E-state index contributed by atoms with van der Waals surface area (Å²) >= 11 is 0. The van der Waals surface area contributed by atoms with Gasteiger partial charge in [-0.2, -0.15) is 17.9 Å². The number of nitrogens with zero attached hydrogens (tertiary/aromatic N) is 2. The number of nitrogens with two attached hydrogens (primary N) is 1. The largest absolute Gasteiger partial charge is 0.619 e. The summed E-state index contributed by atoms with van der Waals surface area (Å²) in [7, 11) is 0. The number of hydrogen-bond acceptors (Lipinski definition) is 3. The molecular weight excluding hydrogens is 463 g/mol. The van der Waals surface area contributed by atoms with Crippen LogP contribution in [0.25, 0.3) is 22.0 Å². The fourth-order valence-corrected chi connectivity index (χ4v) is 4.50. The summed E-state index contributed by atoms with van der Waals surface area (Å²) in [5, 5.41) is 11.8. The van der Waals surface area contributed by atoms with Crippen molar-refractivity contribution in [2.75, 3.05) is 0 Å². The molecule has 0 amide bonds. The van der Waals surface area contributed by atoms with E-state index in [-0.39, 0.29) is 5.52 Å². The molecule has 0 aliphatic heterocycles. The first kappa shape index (κ1) is 23.5. The van der Waals surface area contributed by atoms with E-state index in [0.29, 0.717) is 22.1 Å². The average Bonchev–Trinajstić information content (AvgIpc) is 2.88. The highest BCUT2D eigenvalue weighted by molar-refractivity contribution is 5.98. The summed E-state index contributed by atoms with van der Waals surface area (Å²) < 4.78 is 42.1. The number of benzene rings is 3. The van der Waals surface area contributed by atoms with Crippen molar-refractivity contribution in [1.82, 2.24) is 4.98 Å². The highest BCUT2D eigenvalue weighted by Crippen LogP contribution is 2.39. The van der Waals surface area contributed by atoms with Crippen LogP contribution in [-0.2, 0) is 12.6 Å². The van der Waals surface area contributed by atoms with E-state index < -0.39 is 17.8 Å². The molecule has 0 aliphatic carbocycles. The highest BCUT2D eigenvalue weighted by Gasteiger charge is 2.33. The lowest BCUT2D eigenvalue weighted by Gasteiger charge is -2.18. The minimum absolute atomic E-state index is 0.0884. The fraction of sp³-hybridized carbons (Fsp3) is 0.103. The minimum Gasteiger partial charge on any atom is -0.619 e. The number of pyridine rings is 2. The first-order valence-electron chi connectivity index (χ1n) is 11.4. The topological polar surface area (TPSA) is 65.8 Å². The Labute approximate surface area is 206 Å². The van der Waals surface area contributed by atoms with Gasteiger partial charge in [0.25, 0.3) is 0 Å². The van der Waals surface area contributed by atoms with Crippen molar-refractivity contribution in [3.8, 4) is 11.1 Å². The van der Waals surface area contributed by atoms with Crippen LogP contribution in [0.3, 0.4) is 0 Å². The minimum atomic E-state index is -4.53. The molecule has 1 unspecified atom stereocenters. The number of aromatic nitrogens is 2. The molecule has 0 fully saturated rings. The third-order valence-corrected chi connectivity index (χ3v) is 6.24. The van der Waals surface area contributed by atoms with Gasteiger partial charge in [-0.1, -0.05) is 60.7 Å². The maximum Gasteiger partial charge on any atom is 0.418 e. The fourth-order valence-electron chi connectivity index (χ4n) is 4.50. The summed E-state index contributed by atoms with van der Waals surface area (Å²) in [4.78, 5) is 4.27. The van der Waals surface area contributed by atoms with E-state index in [1.54, 1.807) is 18.2 Å². The molecule has 5 aromatic rings. The van der Waals surface area contributed by atoms with Crippen LogP contribution in [0.1, 0.15) is 33.9 Å². The van der Waals surface area contributed by atoms with Gasteiger partial charge in [-0.15, -0.1) is 0 Å². The van der Waals surface area contributed by atoms with Gasteiger partial charge in [0.1, 0.15) is 0 Å². The van der Waals surface area contributed by atoms with Crippen molar-refractivity contribution in [2.24, 2.45) is 5.73 Å².